The fraction of sp³-hybridized carbons (Fsp3) is 0.500. The van der Waals surface area contributed by atoms with Gasteiger partial charge in [-0.25, -0.2) is 4.79 Å². The van der Waals surface area contributed by atoms with Crippen LogP contribution in [-0.2, 0) is 14.3 Å². The summed E-state index contributed by atoms with van der Waals surface area (Å²) in [5, 5.41) is 11.8. The number of carboxylic acid groups (broad SMARTS) is 1. The van der Waals surface area contributed by atoms with Crippen molar-refractivity contribution in [3.05, 3.63) is 34.3 Å². The van der Waals surface area contributed by atoms with E-state index < -0.39 is 24.0 Å². The largest absolute Gasteiger partial charge is 0.479 e. The van der Waals surface area contributed by atoms with Crippen molar-refractivity contribution < 1.29 is 19.4 Å². The van der Waals surface area contributed by atoms with Crippen molar-refractivity contribution in [1.82, 2.24) is 5.32 Å². The number of aliphatic carboxylic acids is 1. The first-order chi connectivity index (χ1) is 10.3. The molecule has 6 heteroatoms. The van der Waals surface area contributed by atoms with E-state index in [2.05, 4.69) is 35.1 Å². The molecule has 5 nitrogen and oxygen atoms in total. The lowest BCUT2D eigenvalue weighted by Gasteiger charge is -2.19. The molecule has 0 radical (unpaired) electrons. The van der Waals surface area contributed by atoms with E-state index in [1.165, 1.54) is 0 Å². The second kappa shape index (κ2) is 8.90. The van der Waals surface area contributed by atoms with Gasteiger partial charge in [-0.3, -0.25) is 4.79 Å². The highest BCUT2D eigenvalue weighted by molar-refractivity contribution is 9.10. The number of carboxylic acids is 1. The number of nitrogens with one attached hydrogen (secondary N) is 1. The second-order valence-corrected chi connectivity index (χ2v) is 6.44. The third-order valence-electron chi connectivity index (χ3n) is 3.17. The number of carbonyl (C=O) groups is 2. The molecule has 1 rings (SSSR count). The fourth-order valence-electron chi connectivity index (χ4n) is 1.76. The topological polar surface area (TPSA) is 75.6 Å². The SMILES string of the molecule is CC(C)CCOC(C)C(=O)NC(C(=O)O)c1ccc(Br)cc1. The first kappa shape index (κ1) is 18.6. The molecule has 0 aliphatic carbocycles. The van der Waals surface area contributed by atoms with Crippen LogP contribution in [0.5, 0.6) is 0 Å². The minimum absolute atomic E-state index is 0.431. The summed E-state index contributed by atoms with van der Waals surface area (Å²) in [5.74, 6) is -1.05. The van der Waals surface area contributed by atoms with Gasteiger partial charge >= 0.3 is 5.97 Å². The maximum atomic E-state index is 12.1. The Kier molecular flexibility index (Phi) is 7.55. The molecule has 2 N–H and O–H groups in total. The number of amides is 1. The fourth-order valence-corrected chi connectivity index (χ4v) is 2.02. The van der Waals surface area contributed by atoms with Gasteiger partial charge in [0.15, 0.2) is 6.04 Å². The smallest absolute Gasteiger partial charge is 0.330 e. The summed E-state index contributed by atoms with van der Waals surface area (Å²) >= 11 is 3.29. The van der Waals surface area contributed by atoms with Crippen molar-refractivity contribution in [1.29, 1.82) is 0 Å². The van der Waals surface area contributed by atoms with Gasteiger partial charge < -0.3 is 15.2 Å². The maximum absolute atomic E-state index is 12.1. The lowest BCUT2D eigenvalue weighted by Crippen LogP contribution is -2.40. The summed E-state index contributed by atoms with van der Waals surface area (Å²) in [7, 11) is 0. The molecule has 0 aliphatic heterocycles. The number of halogens is 1. The van der Waals surface area contributed by atoms with Crippen LogP contribution in [0, 0.1) is 5.92 Å². The van der Waals surface area contributed by atoms with E-state index in [0.29, 0.717) is 18.1 Å². The lowest BCUT2D eigenvalue weighted by molar-refractivity contribution is -0.144. The third-order valence-corrected chi connectivity index (χ3v) is 3.70. The number of carbonyl (C=O) groups excluding carboxylic acids is 1. The van der Waals surface area contributed by atoms with Gasteiger partial charge in [0.05, 0.1) is 0 Å². The molecule has 2 atom stereocenters. The molecule has 22 heavy (non-hydrogen) atoms. The Hall–Kier alpha value is -1.40. The zero-order chi connectivity index (χ0) is 16.7. The molecule has 0 saturated heterocycles. The highest BCUT2D eigenvalue weighted by Crippen LogP contribution is 2.17. The molecule has 0 spiro atoms. The molecule has 0 aromatic heterocycles. The van der Waals surface area contributed by atoms with Crippen LogP contribution in [0.4, 0.5) is 0 Å². The van der Waals surface area contributed by atoms with Gasteiger partial charge in [-0.05, 0) is 37.0 Å². The average Bonchev–Trinajstić information content (AvgIpc) is 2.44. The van der Waals surface area contributed by atoms with Crippen molar-refractivity contribution in [2.24, 2.45) is 5.92 Å². The minimum Gasteiger partial charge on any atom is -0.479 e. The summed E-state index contributed by atoms with van der Waals surface area (Å²) in [6.07, 6.45) is 0.170. The van der Waals surface area contributed by atoms with Crippen LogP contribution in [0.2, 0.25) is 0 Å². The van der Waals surface area contributed by atoms with Crippen molar-refractivity contribution in [2.75, 3.05) is 6.61 Å². The summed E-state index contributed by atoms with van der Waals surface area (Å²) in [6.45, 7) is 6.24. The van der Waals surface area contributed by atoms with Gasteiger partial charge in [0.2, 0.25) is 5.91 Å². The van der Waals surface area contributed by atoms with E-state index in [9.17, 15) is 14.7 Å². The Balaban J connectivity index is 2.64. The quantitative estimate of drug-likeness (QED) is 0.735. The zero-order valence-corrected chi connectivity index (χ0v) is 14.6. The molecule has 0 fully saturated rings. The molecular formula is C16H22BrNO4. The molecule has 0 saturated carbocycles. The molecule has 122 valence electrons. The van der Waals surface area contributed by atoms with Crippen LogP contribution >= 0.6 is 15.9 Å². The molecule has 1 aromatic carbocycles. The van der Waals surface area contributed by atoms with Gasteiger partial charge in [-0.2, -0.15) is 0 Å². The second-order valence-electron chi connectivity index (χ2n) is 5.53. The van der Waals surface area contributed by atoms with Gasteiger partial charge in [0.25, 0.3) is 0 Å². The van der Waals surface area contributed by atoms with Crippen LogP contribution in [-0.4, -0.2) is 29.7 Å². The highest BCUT2D eigenvalue weighted by atomic mass is 79.9. The first-order valence-electron chi connectivity index (χ1n) is 7.21. The van der Waals surface area contributed by atoms with Crippen LogP contribution in [0.25, 0.3) is 0 Å². The normalized spacial score (nSPS) is 13.7. The molecule has 0 heterocycles. The average molecular weight is 372 g/mol. The Bertz CT molecular complexity index is 501. The summed E-state index contributed by atoms with van der Waals surface area (Å²) < 4.78 is 6.28. The minimum atomic E-state index is -1.11. The third kappa shape index (κ3) is 6.15. The summed E-state index contributed by atoms with van der Waals surface area (Å²) in [6, 6.07) is 5.71. The predicted octanol–water partition coefficient (Wildman–Crippen LogP) is 3.14. The molecule has 0 aliphatic rings. The Morgan fingerprint density at radius 2 is 1.82 bits per heavy atom. The van der Waals surface area contributed by atoms with Gasteiger partial charge in [0, 0.05) is 11.1 Å². The predicted molar refractivity (Wildman–Crippen MR) is 87.5 cm³/mol. The monoisotopic (exact) mass is 371 g/mol. The zero-order valence-electron chi connectivity index (χ0n) is 13.0. The number of rotatable bonds is 8. The van der Waals surface area contributed by atoms with E-state index in [0.717, 1.165) is 10.9 Å². The summed E-state index contributed by atoms with van der Waals surface area (Å²) in [4.78, 5) is 23.4. The number of hydrogen-bond acceptors (Lipinski definition) is 3. The van der Waals surface area contributed by atoms with E-state index in [-0.39, 0.29) is 0 Å². The Morgan fingerprint density at radius 3 is 2.32 bits per heavy atom. The Labute approximate surface area is 139 Å². The van der Waals surface area contributed by atoms with Crippen molar-refractivity contribution in [3.8, 4) is 0 Å². The number of ether oxygens (including phenoxy) is 1. The molecule has 2 unspecified atom stereocenters. The molecule has 1 aromatic rings. The van der Waals surface area contributed by atoms with Crippen LogP contribution in [0.3, 0.4) is 0 Å². The van der Waals surface area contributed by atoms with E-state index in [1.807, 2.05) is 0 Å². The van der Waals surface area contributed by atoms with Gasteiger partial charge in [-0.1, -0.05) is 41.9 Å². The summed E-state index contributed by atoms with van der Waals surface area (Å²) in [5.41, 5.74) is 0.512. The van der Waals surface area contributed by atoms with Crippen molar-refractivity contribution in [3.63, 3.8) is 0 Å². The van der Waals surface area contributed by atoms with Crippen LogP contribution < -0.4 is 5.32 Å². The number of benzene rings is 1. The lowest BCUT2D eigenvalue weighted by atomic mass is 10.1. The van der Waals surface area contributed by atoms with Crippen molar-refractivity contribution >= 4 is 27.8 Å². The maximum Gasteiger partial charge on any atom is 0.330 e. The standard InChI is InChI=1S/C16H22BrNO4/c1-10(2)8-9-22-11(3)15(19)18-14(16(20)21)12-4-6-13(17)7-5-12/h4-7,10-11,14H,8-9H2,1-3H3,(H,18,19)(H,20,21). The van der Waals surface area contributed by atoms with E-state index in [4.69, 9.17) is 4.74 Å². The molecule has 1 amide bonds. The molecular weight excluding hydrogens is 350 g/mol. The van der Waals surface area contributed by atoms with E-state index >= 15 is 0 Å². The van der Waals surface area contributed by atoms with Crippen LogP contribution in [0.1, 0.15) is 38.8 Å². The molecule has 0 bridgehead atoms. The van der Waals surface area contributed by atoms with E-state index in [1.54, 1.807) is 31.2 Å². The van der Waals surface area contributed by atoms with Crippen molar-refractivity contribution in [2.45, 2.75) is 39.3 Å². The van der Waals surface area contributed by atoms with Gasteiger partial charge in [-0.15, -0.1) is 0 Å². The van der Waals surface area contributed by atoms with Gasteiger partial charge in [0.1, 0.15) is 6.10 Å². The highest BCUT2D eigenvalue weighted by Gasteiger charge is 2.24. The van der Waals surface area contributed by atoms with Crippen LogP contribution in [0.15, 0.2) is 28.7 Å². The first-order valence-corrected chi connectivity index (χ1v) is 8.00. The Morgan fingerprint density at radius 1 is 1.23 bits per heavy atom. The number of hydrogen-bond donors (Lipinski definition) is 2.